The molecule has 1 fully saturated rings. The van der Waals surface area contributed by atoms with Crippen molar-refractivity contribution < 1.29 is 9.90 Å². The van der Waals surface area contributed by atoms with E-state index in [9.17, 15) is 9.90 Å². The molecule has 2 bridgehead atoms. The topological polar surface area (TPSA) is 37.3 Å². The zero-order valence-electron chi connectivity index (χ0n) is 9.67. The third kappa shape index (κ3) is 1.64. The predicted molar refractivity (Wildman–Crippen MR) is 65.7 cm³/mol. The first-order valence-electron chi connectivity index (χ1n) is 6.21. The maximum absolute atomic E-state index is 12.4. The van der Waals surface area contributed by atoms with Crippen LogP contribution < -0.4 is 0 Å². The lowest BCUT2D eigenvalue weighted by molar-refractivity contribution is -0.0266. The molecule has 0 spiro atoms. The summed E-state index contributed by atoms with van der Waals surface area (Å²) in [4.78, 5) is 12.4. The molecule has 0 aromatic heterocycles. The summed E-state index contributed by atoms with van der Waals surface area (Å²) in [7, 11) is 0. The number of ketones is 1. The fourth-order valence-electron chi connectivity index (χ4n) is 3.10. The lowest BCUT2D eigenvalue weighted by atomic mass is 9.64. The summed E-state index contributed by atoms with van der Waals surface area (Å²) in [6.45, 7) is 0. The van der Waals surface area contributed by atoms with Crippen LogP contribution in [0.25, 0.3) is 0 Å². The van der Waals surface area contributed by atoms with Crippen molar-refractivity contribution in [1.82, 2.24) is 0 Å². The van der Waals surface area contributed by atoms with Crippen LogP contribution in [0.5, 0.6) is 0 Å². The molecule has 0 heterocycles. The van der Waals surface area contributed by atoms with Crippen molar-refractivity contribution in [1.29, 1.82) is 0 Å². The lowest BCUT2D eigenvalue weighted by Gasteiger charge is -2.43. The predicted octanol–water partition coefficient (Wildman–Crippen LogP) is 2.59. The van der Waals surface area contributed by atoms with Gasteiger partial charge in [-0.1, -0.05) is 42.5 Å². The van der Waals surface area contributed by atoms with Gasteiger partial charge in [0.25, 0.3) is 0 Å². The summed E-state index contributed by atoms with van der Waals surface area (Å²) in [6, 6.07) is 9.13. The van der Waals surface area contributed by atoms with E-state index >= 15 is 0 Å². The molecule has 1 aromatic rings. The molecule has 88 valence electrons. The van der Waals surface area contributed by atoms with Gasteiger partial charge in [0.2, 0.25) is 0 Å². The van der Waals surface area contributed by atoms with Crippen LogP contribution in [-0.2, 0) is 0 Å². The molecule has 1 N–H and O–H groups in total. The fourth-order valence-corrected chi connectivity index (χ4v) is 3.10. The SMILES string of the molecule is O=C(c1ccccc1)C1(O)CC2C=CC1CC2. The summed E-state index contributed by atoms with van der Waals surface area (Å²) in [5.74, 6) is 0.259. The van der Waals surface area contributed by atoms with Gasteiger partial charge in [-0.15, -0.1) is 0 Å². The summed E-state index contributed by atoms with van der Waals surface area (Å²) < 4.78 is 0. The third-order valence-electron chi connectivity index (χ3n) is 4.08. The summed E-state index contributed by atoms with van der Waals surface area (Å²) in [5.41, 5.74) is -0.546. The molecule has 0 saturated heterocycles. The molecule has 3 aliphatic rings. The molecule has 3 unspecified atom stereocenters. The zero-order chi connectivity index (χ0) is 11.9. The molecule has 0 amide bonds. The van der Waals surface area contributed by atoms with Crippen LogP contribution >= 0.6 is 0 Å². The van der Waals surface area contributed by atoms with E-state index in [1.165, 1.54) is 0 Å². The monoisotopic (exact) mass is 228 g/mol. The van der Waals surface area contributed by atoms with Crippen LogP contribution in [0.4, 0.5) is 0 Å². The molecule has 2 heteroatoms. The first-order chi connectivity index (χ1) is 8.20. The number of allylic oxidation sites excluding steroid dienone is 1. The van der Waals surface area contributed by atoms with Crippen LogP contribution in [0.3, 0.4) is 0 Å². The molecule has 3 aliphatic carbocycles. The van der Waals surface area contributed by atoms with E-state index in [1.807, 2.05) is 24.3 Å². The van der Waals surface area contributed by atoms with E-state index in [0.717, 1.165) is 12.8 Å². The van der Waals surface area contributed by atoms with Crippen molar-refractivity contribution in [2.24, 2.45) is 11.8 Å². The number of Topliss-reactive ketones (excluding diaryl/α,β-unsaturated/α-hetero) is 1. The number of hydrogen-bond donors (Lipinski definition) is 1. The molecule has 0 radical (unpaired) electrons. The largest absolute Gasteiger partial charge is 0.381 e. The van der Waals surface area contributed by atoms with Crippen LogP contribution in [0.2, 0.25) is 0 Å². The van der Waals surface area contributed by atoms with Gasteiger partial charge in [-0.2, -0.15) is 0 Å². The number of hydrogen-bond acceptors (Lipinski definition) is 2. The van der Waals surface area contributed by atoms with Crippen molar-refractivity contribution >= 4 is 5.78 Å². The van der Waals surface area contributed by atoms with E-state index in [-0.39, 0.29) is 11.7 Å². The number of carbonyl (C=O) groups excluding carboxylic acids is 1. The quantitative estimate of drug-likeness (QED) is 0.624. The van der Waals surface area contributed by atoms with E-state index in [0.29, 0.717) is 17.9 Å². The van der Waals surface area contributed by atoms with Gasteiger partial charge in [0.05, 0.1) is 0 Å². The molecule has 3 atom stereocenters. The first-order valence-corrected chi connectivity index (χ1v) is 6.21. The minimum atomic E-state index is -1.17. The standard InChI is InChI=1S/C15H16O2/c16-14(12-4-2-1-3-5-12)15(17)10-11-6-8-13(15)9-7-11/h1-6,8,11,13,17H,7,9-10H2. The molecule has 17 heavy (non-hydrogen) atoms. The van der Waals surface area contributed by atoms with Crippen molar-refractivity contribution in [3.63, 3.8) is 0 Å². The Bertz CT molecular complexity index is 463. The minimum Gasteiger partial charge on any atom is -0.381 e. The average molecular weight is 228 g/mol. The summed E-state index contributed by atoms with van der Waals surface area (Å²) in [5, 5.41) is 10.7. The molecular formula is C15H16O2. The minimum absolute atomic E-state index is 0.000191. The second kappa shape index (κ2) is 3.81. The molecule has 1 aromatic carbocycles. The van der Waals surface area contributed by atoms with E-state index < -0.39 is 5.60 Å². The van der Waals surface area contributed by atoms with Crippen LogP contribution in [0, 0.1) is 11.8 Å². The van der Waals surface area contributed by atoms with Gasteiger partial charge in [0.15, 0.2) is 5.78 Å². The van der Waals surface area contributed by atoms with Gasteiger partial charge >= 0.3 is 0 Å². The van der Waals surface area contributed by atoms with Crippen molar-refractivity contribution in [2.45, 2.75) is 24.9 Å². The third-order valence-corrected chi connectivity index (χ3v) is 4.08. The first kappa shape index (κ1) is 10.7. The number of fused-ring (bicyclic) bond motifs is 2. The van der Waals surface area contributed by atoms with Gasteiger partial charge in [-0.05, 0) is 25.2 Å². The molecule has 1 saturated carbocycles. The second-order valence-electron chi connectivity index (χ2n) is 5.15. The highest BCUT2D eigenvalue weighted by molar-refractivity contribution is 6.02. The van der Waals surface area contributed by atoms with Gasteiger partial charge in [-0.3, -0.25) is 4.79 Å². The highest BCUT2D eigenvalue weighted by atomic mass is 16.3. The Morgan fingerprint density at radius 1 is 1.18 bits per heavy atom. The summed E-state index contributed by atoms with van der Waals surface area (Å²) in [6.07, 6.45) is 6.79. The number of aliphatic hydroxyl groups is 1. The van der Waals surface area contributed by atoms with Gasteiger partial charge in [-0.25, -0.2) is 0 Å². The number of benzene rings is 1. The van der Waals surface area contributed by atoms with Crippen molar-refractivity contribution in [2.75, 3.05) is 0 Å². The van der Waals surface area contributed by atoms with Crippen molar-refractivity contribution in [3.05, 3.63) is 48.0 Å². The highest BCUT2D eigenvalue weighted by Gasteiger charge is 2.48. The van der Waals surface area contributed by atoms with E-state index in [2.05, 4.69) is 6.08 Å². The molecule has 0 aliphatic heterocycles. The number of rotatable bonds is 2. The lowest BCUT2D eigenvalue weighted by Crippen LogP contribution is -2.51. The normalized spacial score (nSPS) is 34.9. The molecular weight excluding hydrogens is 212 g/mol. The Morgan fingerprint density at radius 2 is 1.94 bits per heavy atom. The van der Waals surface area contributed by atoms with Crippen LogP contribution in [0.1, 0.15) is 29.6 Å². The highest BCUT2D eigenvalue weighted by Crippen LogP contribution is 2.44. The van der Waals surface area contributed by atoms with E-state index in [4.69, 9.17) is 0 Å². The summed E-state index contributed by atoms with van der Waals surface area (Å²) >= 11 is 0. The fraction of sp³-hybridized carbons (Fsp3) is 0.400. The van der Waals surface area contributed by atoms with Crippen LogP contribution in [0.15, 0.2) is 42.5 Å². The Morgan fingerprint density at radius 3 is 2.47 bits per heavy atom. The van der Waals surface area contributed by atoms with Crippen LogP contribution in [-0.4, -0.2) is 16.5 Å². The van der Waals surface area contributed by atoms with E-state index in [1.54, 1.807) is 12.1 Å². The maximum atomic E-state index is 12.4. The smallest absolute Gasteiger partial charge is 0.194 e. The average Bonchev–Trinajstić information content (AvgIpc) is 2.40. The second-order valence-corrected chi connectivity index (χ2v) is 5.15. The zero-order valence-corrected chi connectivity index (χ0v) is 9.67. The van der Waals surface area contributed by atoms with Crippen molar-refractivity contribution in [3.8, 4) is 0 Å². The van der Waals surface area contributed by atoms with Gasteiger partial charge in [0, 0.05) is 11.5 Å². The Labute approximate surface area is 101 Å². The maximum Gasteiger partial charge on any atom is 0.194 e. The van der Waals surface area contributed by atoms with Gasteiger partial charge < -0.3 is 5.11 Å². The number of carbonyl (C=O) groups is 1. The Hall–Kier alpha value is -1.41. The molecule has 2 nitrogen and oxygen atoms in total. The molecule has 4 rings (SSSR count). The van der Waals surface area contributed by atoms with Gasteiger partial charge in [0.1, 0.15) is 5.60 Å². The Kier molecular flexibility index (Phi) is 2.40. The Balaban J connectivity index is 1.94.